The van der Waals surface area contributed by atoms with Gasteiger partial charge in [-0.3, -0.25) is 10.1 Å². The second kappa shape index (κ2) is 5.65. The van der Waals surface area contributed by atoms with Crippen LogP contribution in [0.4, 0.5) is 11.5 Å². The molecule has 8 nitrogen and oxygen atoms in total. The molecule has 0 bridgehead atoms. The largest absolute Gasteiger partial charge is 0.424 e. The number of nitro groups is 1. The Morgan fingerprint density at radius 3 is 2.68 bits per heavy atom. The molecule has 22 heavy (non-hydrogen) atoms. The molecule has 1 fully saturated rings. The van der Waals surface area contributed by atoms with Gasteiger partial charge in [-0.05, 0) is 37.1 Å². The second-order valence-electron chi connectivity index (χ2n) is 4.80. The molecule has 0 atom stereocenters. The van der Waals surface area contributed by atoms with Gasteiger partial charge in [0.15, 0.2) is 0 Å². The summed E-state index contributed by atoms with van der Waals surface area (Å²) in [6.07, 6.45) is 3.05. The molecule has 0 unspecified atom stereocenters. The van der Waals surface area contributed by atoms with Crippen LogP contribution >= 0.6 is 0 Å². The van der Waals surface area contributed by atoms with Crippen LogP contribution in [0.25, 0.3) is 0 Å². The lowest BCUT2D eigenvalue weighted by Crippen LogP contribution is -2.07. The lowest BCUT2D eigenvalue weighted by Gasteiger charge is -2.07. The van der Waals surface area contributed by atoms with Crippen molar-refractivity contribution in [2.75, 3.05) is 5.32 Å². The van der Waals surface area contributed by atoms with Gasteiger partial charge in [0.05, 0.1) is 16.6 Å². The van der Waals surface area contributed by atoms with Crippen LogP contribution in [0.3, 0.4) is 0 Å². The normalized spacial score (nSPS) is 13.2. The summed E-state index contributed by atoms with van der Waals surface area (Å²) in [4.78, 5) is 18.4. The van der Waals surface area contributed by atoms with Gasteiger partial charge in [-0.1, -0.05) is 0 Å². The average Bonchev–Trinajstić information content (AvgIpc) is 3.32. The summed E-state index contributed by atoms with van der Waals surface area (Å²) in [6.45, 7) is 0. The van der Waals surface area contributed by atoms with E-state index in [-0.39, 0.29) is 23.6 Å². The zero-order valence-corrected chi connectivity index (χ0v) is 11.4. The minimum atomic E-state index is -0.532. The van der Waals surface area contributed by atoms with Crippen molar-refractivity contribution >= 4 is 11.5 Å². The molecule has 0 spiro atoms. The van der Waals surface area contributed by atoms with Crippen LogP contribution < -0.4 is 10.1 Å². The summed E-state index contributed by atoms with van der Waals surface area (Å²) in [5.41, 5.74) is 0.326. The minimum Gasteiger partial charge on any atom is -0.424 e. The van der Waals surface area contributed by atoms with Crippen molar-refractivity contribution in [1.29, 1.82) is 5.26 Å². The van der Waals surface area contributed by atoms with E-state index in [1.165, 1.54) is 0 Å². The summed E-state index contributed by atoms with van der Waals surface area (Å²) < 4.78 is 5.46. The number of hydrogen-bond donors (Lipinski definition) is 1. The maximum absolute atomic E-state index is 11.0. The highest BCUT2D eigenvalue weighted by Crippen LogP contribution is 2.30. The fraction of sp³-hybridized carbons (Fsp3) is 0.214. The van der Waals surface area contributed by atoms with Crippen molar-refractivity contribution in [3.05, 3.63) is 46.1 Å². The summed E-state index contributed by atoms with van der Waals surface area (Å²) in [5.74, 6) is 0.608. The highest BCUT2D eigenvalue weighted by atomic mass is 16.6. The van der Waals surface area contributed by atoms with E-state index in [0.29, 0.717) is 11.3 Å². The van der Waals surface area contributed by atoms with E-state index < -0.39 is 4.92 Å². The third-order valence-corrected chi connectivity index (χ3v) is 3.05. The van der Waals surface area contributed by atoms with Gasteiger partial charge in [-0.25, -0.2) is 0 Å². The van der Waals surface area contributed by atoms with Crippen LogP contribution in [0.2, 0.25) is 0 Å². The molecule has 1 aromatic heterocycles. The molecule has 0 amide bonds. The van der Waals surface area contributed by atoms with Crippen molar-refractivity contribution in [1.82, 2.24) is 9.97 Å². The van der Waals surface area contributed by atoms with Crippen LogP contribution in [0.15, 0.2) is 30.5 Å². The summed E-state index contributed by atoms with van der Waals surface area (Å²) in [6, 6.07) is 8.65. The smallest absolute Gasteiger partial charge is 0.329 e. The summed E-state index contributed by atoms with van der Waals surface area (Å²) >= 11 is 0. The Kier molecular flexibility index (Phi) is 3.53. The molecule has 2 aromatic rings. The number of nitrogens with one attached hydrogen (secondary N) is 1. The molecule has 1 aliphatic rings. The molecule has 1 aromatic carbocycles. The first-order chi connectivity index (χ1) is 10.7. The molecule has 1 saturated carbocycles. The zero-order valence-electron chi connectivity index (χ0n) is 11.4. The van der Waals surface area contributed by atoms with Crippen LogP contribution in [0.1, 0.15) is 18.4 Å². The SMILES string of the molecule is N#Cc1ccc(Oc2ncc([N+](=O)[O-])c(NC3CC3)n2)cc1. The van der Waals surface area contributed by atoms with Crippen molar-refractivity contribution in [2.45, 2.75) is 18.9 Å². The molecule has 1 N–H and O–H groups in total. The number of ether oxygens (including phenoxy) is 1. The highest BCUT2D eigenvalue weighted by molar-refractivity contribution is 5.56. The minimum absolute atomic E-state index is 0.0125. The first-order valence-electron chi connectivity index (χ1n) is 6.61. The standard InChI is InChI=1S/C14H11N5O3/c15-7-9-1-5-11(6-2-9)22-14-16-8-12(19(20)21)13(18-14)17-10-3-4-10/h1-2,5-6,8,10H,3-4H2,(H,16,17,18). The zero-order chi connectivity index (χ0) is 15.5. The maximum atomic E-state index is 11.0. The van der Waals surface area contributed by atoms with Crippen molar-refractivity contribution < 1.29 is 9.66 Å². The number of nitriles is 1. The van der Waals surface area contributed by atoms with E-state index >= 15 is 0 Å². The molecular formula is C14H11N5O3. The van der Waals surface area contributed by atoms with Crippen LogP contribution in [0.5, 0.6) is 11.8 Å². The van der Waals surface area contributed by atoms with Gasteiger partial charge < -0.3 is 10.1 Å². The van der Waals surface area contributed by atoms with Crippen LogP contribution in [-0.2, 0) is 0 Å². The Morgan fingerprint density at radius 2 is 2.09 bits per heavy atom. The molecule has 0 saturated heterocycles. The molecule has 8 heteroatoms. The average molecular weight is 297 g/mol. The summed E-state index contributed by atoms with van der Waals surface area (Å²) in [5, 5.41) is 22.7. The molecule has 0 radical (unpaired) electrons. The van der Waals surface area contributed by atoms with Gasteiger partial charge in [-0.15, -0.1) is 0 Å². The number of anilines is 1. The Balaban J connectivity index is 1.83. The van der Waals surface area contributed by atoms with E-state index in [9.17, 15) is 10.1 Å². The van der Waals surface area contributed by atoms with Gasteiger partial charge in [0.1, 0.15) is 11.9 Å². The van der Waals surface area contributed by atoms with Gasteiger partial charge >= 0.3 is 11.7 Å². The van der Waals surface area contributed by atoms with E-state index in [1.54, 1.807) is 24.3 Å². The first kappa shape index (κ1) is 13.8. The third kappa shape index (κ3) is 3.09. The molecule has 3 rings (SSSR count). The molecular weight excluding hydrogens is 286 g/mol. The second-order valence-corrected chi connectivity index (χ2v) is 4.80. The van der Waals surface area contributed by atoms with E-state index in [2.05, 4.69) is 15.3 Å². The van der Waals surface area contributed by atoms with Gasteiger partial charge in [0, 0.05) is 6.04 Å². The summed E-state index contributed by atoms with van der Waals surface area (Å²) in [7, 11) is 0. The monoisotopic (exact) mass is 297 g/mol. The molecule has 1 aliphatic carbocycles. The number of rotatable bonds is 5. The molecule has 1 heterocycles. The Hall–Kier alpha value is -3.21. The number of benzene rings is 1. The topological polar surface area (TPSA) is 114 Å². The number of aromatic nitrogens is 2. The van der Waals surface area contributed by atoms with Crippen LogP contribution in [-0.4, -0.2) is 20.9 Å². The lowest BCUT2D eigenvalue weighted by atomic mass is 10.2. The lowest BCUT2D eigenvalue weighted by molar-refractivity contribution is -0.384. The Bertz CT molecular complexity index is 750. The predicted octanol–water partition coefficient (Wildman–Crippen LogP) is 2.62. The van der Waals surface area contributed by atoms with E-state index in [0.717, 1.165) is 19.0 Å². The molecule has 110 valence electrons. The van der Waals surface area contributed by atoms with Gasteiger partial charge in [-0.2, -0.15) is 15.2 Å². The quantitative estimate of drug-likeness (QED) is 0.666. The molecule has 0 aliphatic heterocycles. The van der Waals surface area contributed by atoms with Crippen LogP contribution in [0, 0.1) is 21.4 Å². The Labute approximate surface area is 125 Å². The predicted molar refractivity (Wildman–Crippen MR) is 76.6 cm³/mol. The maximum Gasteiger partial charge on any atom is 0.329 e. The number of hydrogen-bond acceptors (Lipinski definition) is 7. The van der Waals surface area contributed by atoms with Gasteiger partial charge in [0.2, 0.25) is 5.82 Å². The third-order valence-electron chi connectivity index (χ3n) is 3.05. The van der Waals surface area contributed by atoms with E-state index in [1.807, 2.05) is 6.07 Å². The van der Waals surface area contributed by atoms with Crippen molar-refractivity contribution in [3.8, 4) is 17.8 Å². The fourth-order valence-electron chi connectivity index (χ4n) is 1.77. The van der Waals surface area contributed by atoms with Gasteiger partial charge in [0.25, 0.3) is 0 Å². The van der Waals surface area contributed by atoms with Crippen molar-refractivity contribution in [3.63, 3.8) is 0 Å². The Morgan fingerprint density at radius 1 is 1.36 bits per heavy atom. The van der Waals surface area contributed by atoms with Crippen molar-refractivity contribution in [2.24, 2.45) is 0 Å². The first-order valence-corrected chi connectivity index (χ1v) is 6.61. The van der Waals surface area contributed by atoms with E-state index in [4.69, 9.17) is 10.00 Å². The fourth-order valence-corrected chi connectivity index (χ4v) is 1.77. The number of nitrogens with zero attached hydrogens (tertiary/aromatic N) is 4. The highest BCUT2D eigenvalue weighted by Gasteiger charge is 2.26.